The average molecular weight is 219 g/mol. The zero-order valence-corrected chi connectivity index (χ0v) is 8.35. The van der Waals surface area contributed by atoms with E-state index in [2.05, 4.69) is 9.72 Å². The number of pyridine rings is 1. The van der Waals surface area contributed by atoms with E-state index < -0.39 is 16.9 Å². The molecule has 0 fully saturated rings. The maximum atomic E-state index is 13.1. The molecule has 14 heavy (non-hydrogen) atoms. The lowest BCUT2D eigenvalue weighted by Crippen LogP contribution is -2.11. The van der Waals surface area contributed by atoms with Crippen molar-refractivity contribution >= 4 is 23.3 Å². The van der Waals surface area contributed by atoms with Crippen molar-refractivity contribution in [3.8, 4) is 0 Å². The normalized spacial score (nSPS) is 10.0. The van der Waals surface area contributed by atoms with Crippen LogP contribution in [0.15, 0.2) is 0 Å². The fraction of sp³-hybridized carbons (Fsp3) is 0.250. The van der Waals surface area contributed by atoms with Gasteiger partial charge in [0.15, 0.2) is 16.7 Å². The van der Waals surface area contributed by atoms with E-state index in [1.165, 1.54) is 14.0 Å². The molecule has 1 rings (SSSR count). The second-order valence-corrected chi connectivity index (χ2v) is 2.95. The number of anilines is 1. The number of nitrogen functional groups attached to an aromatic ring is 1. The zero-order chi connectivity index (χ0) is 10.9. The van der Waals surface area contributed by atoms with E-state index in [1.807, 2.05) is 0 Å². The summed E-state index contributed by atoms with van der Waals surface area (Å²) in [5, 5.41) is -0.437. The van der Waals surface area contributed by atoms with Crippen LogP contribution in [0.4, 0.5) is 10.1 Å². The molecule has 0 saturated carbocycles. The van der Waals surface area contributed by atoms with Crippen molar-refractivity contribution in [3.63, 3.8) is 0 Å². The summed E-state index contributed by atoms with van der Waals surface area (Å²) in [5.41, 5.74) is 5.33. The number of hydrogen-bond acceptors (Lipinski definition) is 4. The molecular formula is C8H8ClFN2O2. The van der Waals surface area contributed by atoms with Gasteiger partial charge in [-0.3, -0.25) is 0 Å². The Morgan fingerprint density at radius 2 is 2.21 bits per heavy atom. The average Bonchev–Trinajstić information content (AvgIpc) is 2.19. The van der Waals surface area contributed by atoms with Crippen molar-refractivity contribution in [3.05, 3.63) is 22.2 Å². The van der Waals surface area contributed by atoms with Gasteiger partial charge in [-0.25, -0.2) is 14.2 Å². The Morgan fingerprint density at radius 3 is 2.71 bits per heavy atom. The zero-order valence-electron chi connectivity index (χ0n) is 7.60. The van der Waals surface area contributed by atoms with Crippen LogP contribution in [0.1, 0.15) is 16.1 Å². The number of esters is 1. The minimum absolute atomic E-state index is 0.0728. The lowest BCUT2D eigenvalue weighted by molar-refractivity contribution is 0.0593. The van der Waals surface area contributed by atoms with Crippen LogP contribution in [0.5, 0.6) is 0 Å². The number of aromatic nitrogens is 1. The van der Waals surface area contributed by atoms with Crippen LogP contribution in [-0.2, 0) is 4.74 Å². The molecule has 1 heterocycles. The Balaban J connectivity index is 3.40. The van der Waals surface area contributed by atoms with Gasteiger partial charge in [-0.05, 0) is 6.92 Å². The molecule has 0 aliphatic carbocycles. The van der Waals surface area contributed by atoms with Crippen molar-refractivity contribution in [1.29, 1.82) is 0 Å². The summed E-state index contributed by atoms with van der Waals surface area (Å²) in [6.45, 7) is 1.47. The molecule has 76 valence electrons. The second kappa shape index (κ2) is 3.79. The minimum Gasteiger partial charge on any atom is -0.464 e. The third-order valence-electron chi connectivity index (χ3n) is 1.77. The monoisotopic (exact) mass is 218 g/mol. The third kappa shape index (κ3) is 1.63. The van der Waals surface area contributed by atoms with Gasteiger partial charge < -0.3 is 10.5 Å². The fourth-order valence-electron chi connectivity index (χ4n) is 0.930. The van der Waals surface area contributed by atoms with Gasteiger partial charge >= 0.3 is 5.97 Å². The van der Waals surface area contributed by atoms with Crippen LogP contribution in [0, 0.1) is 12.7 Å². The summed E-state index contributed by atoms with van der Waals surface area (Å²) in [5.74, 6) is -1.52. The van der Waals surface area contributed by atoms with Gasteiger partial charge in [0.25, 0.3) is 0 Å². The summed E-state index contributed by atoms with van der Waals surface area (Å²) in [4.78, 5) is 14.7. The molecule has 0 atom stereocenters. The summed E-state index contributed by atoms with van der Waals surface area (Å²) >= 11 is 5.42. The Labute approximate surface area is 84.8 Å². The molecule has 0 unspecified atom stereocenters. The molecule has 0 saturated heterocycles. The number of rotatable bonds is 1. The lowest BCUT2D eigenvalue weighted by Gasteiger charge is -2.07. The van der Waals surface area contributed by atoms with Crippen LogP contribution in [0.25, 0.3) is 0 Å². The highest BCUT2D eigenvalue weighted by Crippen LogP contribution is 2.24. The molecule has 0 amide bonds. The van der Waals surface area contributed by atoms with Gasteiger partial charge in [0, 0.05) is 5.56 Å². The Kier molecular flexibility index (Phi) is 2.90. The fourth-order valence-corrected chi connectivity index (χ4v) is 1.12. The molecule has 0 spiro atoms. The number of ether oxygens (including phenoxy) is 1. The topological polar surface area (TPSA) is 65.2 Å². The minimum atomic E-state index is -0.822. The number of carbonyl (C=O) groups is 1. The largest absolute Gasteiger partial charge is 0.464 e. The van der Waals surface area contributed by atoms with Gasteiger partial charge in [-0.2, -0.15) is 0 Å². The quantitative estimate of drug-likeness (QED) is 0.574. The van der Waals surface area contributed by atoms with Crippen LogP contribution >= 0.6 is 11.6 Å². The summed E-state index contributed by atoms with van der Waals surface area (Å²) in [7, 11) is 1.19. The highest BCUT2D eigenvalue weighted by molar-refractivity contribution is 6.30. The van der Waals surface area contributed by atoms with Crippen LogP contribution < -0.4 is 5.73 Å². The van der Waals surface area contributed by atoms with E-state index in [4.69, 9.17) is 17.3 Å². The molecule has 6 heteroatoms. The van der Waals surface area contributed by atoms with Crippen molar-refractivity contribution in [1.82, 2.24) is 4.98 Å². The molecule has 4 nitrogen and oxygen atoms in total. The van der Waals surface area contributed by atoms with Crippen LogP contribution in [0.3, 0.4) is 0 Å². The molecule has 0 radical (unpaired) electrons. The van der Waals surface area contributed by atoms with E-state index in [0.29, 0.717) is 0 Å². The number of nitrogens with zero attached hydrogens (tertiary/aromatic N) is 1. The predicted molar refractivity (Wildman–Crippen MR) is 49.7 cm³/mol. The number of hydrogen-bond donors (Lipinski definition) is 1. The summed E-state index contributed by atoms with van der Waals surface area (Å²) < 4.78 is 17.5. The smallest absolute Gasteiger partial charge is 0.357 e. The van der Waals surface area contributed by atoms with Crippen molar-refractivity contribution in [2.45, 2.75) is 6.92 Å². The number of carbonyl (C=O) groups excluding carboxylic acids is 1. The maximum absolute atomic E-state index is 13.1. The van der Waals surface area contributed by atoms with Crippen LogP contribution in [-0.4, -0.2) is 18.1 Å². The standard InChI is InChI=1S/C8H8ClFN2O2/c1-3-5(11)4(10)7(9)12-6(3)8(13)14-2/h1-2H3,(H2,11,12). The second-order valence-electron chi connectivity index (χ2n) is 2.60. The van der Waals surface area contributed by atoms with E-state index >= 15 is 0 Å². The first-order valence-corrected chi connectivity index (χ1v) is 4.06. The van der Waals surface area contributed by atoms with Gasteiger partial charge in [0.2, 0.25) is 0 Å². The Hall–Kier alpha value is -1.36. The lowest BCUT2D eigenvalue weighted by atomic mass is 10.2. The van der Waals surface area contributed by atoms with Gasteiger partial charge in [0.1, 0.15) is 0 Å². The van der Waals surface area contributed by atoms with E-state index in [0.717, 1.165) is 0 Å². The number of halogens is 2. The van der Waals surface area contributed by atoms with Crippen LogP contribution in [0.2, 0.25) is 5.15 Å². The maximum Gasteiger partial charge on any atom is 0.357 e. The van der Waals surface area contributed by atoms with E-state index in [-0.39, 0.29) is 16.9 Å². The SMILES string of the molecule is COC(=O)c1nc(Cl)c(F)c(N)c1C. The first-order valence-electron chi connectivity index (χ1n) is 3.68. The Bertz CT molecular complexity index is 395. The van der Waals surface area contributed by atoms with Crippen molar-refractivity contribution < 1.29 is 13.9 Å². The highest BCUT2D eigenvalue weighted by Gasteiger charge is 2.18. The molecule has 1 aromatic rings. The third-order valence-corrected chi connectivity index (χ3v) is 2.02. The summed E-state index contributed by atoms with van der Waals surface area (Å²) in [6.07, 6.45) is 0. The molecule has 0 aliphatic heterocycles. The summed E-state index contributed by atoms with van der Waals surface area (Å²) in [6, 6.07) is 0. The molecule has 0 bridgehead atoms. The van der Waals surface area contributed by atoms with Gasteiger partial charge in [0.05, 0.1) is 12.8 Å². The number of nitrogens with two attached hydrogens (primary N) is 1. The Morgan fingerprint density at radius 1 is 1.64 bits per heavy atom. The van der Waals surface area contributed by atoms with Gasteiger partial charge in [-0.15, -0.1) is 0 Å². The van der Waals surface area contributed by atoms with E-state index in [1.54, 1.807) is 0 Å². The van der Waals surface area contributed by atoms with E-state index in [9.17, 15) is 9.18 Å². The first kappa shape index (κ1) is 10.7. The van der Waals surface area contributed by atoms with Gasteiger partial charge in [-0.1, -0.05) is 11.6 Å². The van der Waals surface area contributed by atoms with Crippen molar-refractivity contribution in [2.75, 3.05) is 12.8 Å². The highest BCUT2D eigenvalue weighted by atomic mass is 35.5. The predicted octanol–water partition coefficient (Wildman–Crippen LogP) is 1.55. The van der Waals surface area contributed by atoms with Crippen molar-refractivity contribution in [2.24, 2.45) is 0 Å². The first-order chi connectivity index (χ1) is 6.49. The molecular weight excluding hydrogens is 211 g/mol. The molecule has 0 aromatic carbocycles. The number of methoxy groups -OCH3 is 1. The molecule has 2 N–H and O–H groups in total. The molecule has 0 aliphatic rings. The molecule has 1 aromatic heterocycles.